The van der Waals surface area contributed by atoms with E-state index in [1.54, 1.807) is 0 Å². The summed E-state index contributed by atoms with van der Waals surface area (Å²) >= 11 is 0. The molecule has 0 aromatic rings. The lowest BCUT2D eigenvalue weighted by atomic mass is 10.1. The van der Waals surface area contributed by atoms with E-state index in [9.17, 15) is 23.8 Å². The third-order valence-corrected chi connectivity index (χ3v) is 8.76. The molecule has 0 saturated carbocycles. The van der Waals surface area contributed by atoms with Gasteiger partial charge < -0.3 is 25.2 Å². The topological polar surface area (TPSA) is 172 Å². The van der Waals surface area contributed by atoms with Crippen LogP contribution in [0.3, 0.4) is 0 Å². The van der Waals surface area contributed by atoms with Crippen molar-refractivity contribution in [3.8, 4) is 0 Å². The van der Waals surface area contributed by atoms with Gasteiger partial charge in [-0.3, -0.25) is 23.4 Å². The van der Waals surface area contributed by atoms with Crippen LogP contribution in [0.15, 0.2) is 122 Å². The van der Waals surface area contributed by atoms with Crippen LogP contribution in [-0.4, -0.2) is 59.9 Å². The number of carboxylic acids is 1. The van der Waals surface area contributed by atoms with Gasteiger partial charge in [0.05, 0.1) is 13.2 Å². The molecule has 0 rings (SSSR count). The fraction of sp³-hybridized carbons (Fsp3) is 0.500. The SMILES string of the molecule is CC/C=C/C=C/C=C/C=C/CCCCCCCC(=O)OC[C@H](COP(=O)(O)OC[C@H](N)C(=O)O)OC(=O)CC/C=C/C/C=C/C/C=C/C/C=C/C/C=C/C/C=C/CC. The molecule has 0 spiro atoms. The van der Waals surface area contributed by atoms with Crippen LogP contribution in [0.25, 0.3) is 0 Å². The summed E-state index contributed by atoms with van der Waals surface area (Å²) in [6.45, 7) is 2.41. The van der Waals surface area contributed by atoms with Crippen LogP contribution in [-0.2, 0) is 37.5 Å². The maximum absolute atomic E-state index is 12.6. The molecule has 324 valence electrons. The van der Waals surface area contributed by atoms with Crippen LogP contribution < -0.4 is 5.73 Å². The quantitative estimate of drug-likeness (QED) is 0.0180. The minimum absolute atomic E-state index is 0.0220. The van der Waals surface area contributed by atoms with Crippen molar-refractivity contribution < 1.29 is 47.5 Å². The molecule has 0 heterocycles. The Labute approximate surface area is 348 Å². The Morgan fingerprint density at radius 3 is 1.60 bits per heavy atom. The van der Waals surface area contributed by atoms with Gasteiger partial charge in [-0.05, 0) is 70.6 Å². The summed E-state index contributed by atoms with van der Waals surface area (Å²) in [6, 6.07) is -1.54. The second kappa shape index (κ2) is 39.7. The molecule has 0 aliphatic heterocycles. The van der Waals surface area contributed by atoms with E-state index in [4.69, 9.17) is 24.8 Å². The van der Waals surface area contributed by atoms with Gasteiger partial charge in [-0.15, -0.1) is 0 Å². The highest BCUT2D eigenvalue weighted by Gasteiger charge is 2.28. The molecule has 0 aromatic carbocycles. The van der Waals surface area contributed by atoms with Crippen molar-refractivity contribution in [1.82, 2.24) is 0 Å². The standard InChI is InChI=1S/C46H70NO10P/c1-3-5-7-9-11-13-15-17-19-20-21-22-24-26-28-30-32-34-36-38-45(49)57-42(40-55-58(52,53)56-41-43(47)46(50)51)39-54-44(48)37-35-33-31-29-27-25-23-18-16-14-12-10-8-6-4-2/h5-8,10-14,16-19,21-23,26,28,32,34,42-43H,3-4,9,15,20,24-25,27,29-31,33,35-41,47H2,1-2H3,(H,50,51)(H,52,53)/b7-5+,8-6+,12-10+,13-11+,16-14+,19-17+,22-21+,23-18+,28-26+,34-32+/t42-,43+/m1/s1. The highest BCUT2D eigenvalue weighted by atomic mass is 31.2. The van der Waals surface area contributed by atoms with Crippen molar-refractivity contribution in [2.45, 2.75) is 129 Å². The molecule has 0 aromatic heterocycles. The molecule has 0 aliphatic rings. The Bertz CT molecular complexity index is 1440. The largest absolute Gasteiger partial charge is 0.480 e. The number of phosphoric acid groups is 1. The second-order valence-electron chi connectivity index (χ2n) is 13.1. The first kappa shape index (κ1) is 53.9. The van der Waals surface area contributed by atoms with E-state index in [0.717, 1.165) is 70.6 Å². The lowest BCUT2D eigenvalue weighted by Crippen LogP contribution is -2.34. The van der Waals surface area contributed by atoms with Gasteiger partial charge >= 0.3 is 25.7 Å². The number of hydrogen-bond donors (Lipinski definition) is 3. The Kier molecular flexibility index (Phi) is 36.9. The van der Waals surface area contributed by atoms with Crippen molar-refractivity contribution in [3.05, 3.63) is 122 Å². The van der Waals surface area contributed by atoms with E-state index in [2.05, 4.69) is 85.2 Å². The van der Waals surface area contributed by atoms with Crippen molar-refractivity contribution >= 4 is 25.7 Å². The zero-order valence-electron chi connectivity index (χ0n) is 34.8. The number of carbonyl (C=O) groups is 3. The Hall–Kier alpha value is -4.12. The van der Waals surface area contributed by atoms with Gasteiger partial charge in [-0.2, -0.15) is 0 Å². The van der Waals surface area contributed by atoms with Crippen LogP contribution in [0.4, 0.5) is 0 Å². The maximum Gasteiger partial charge on any atom is 0.472 e. The minimum Gasteiger partial charge on any atom is -0.480 e. The number of ether oxygens (including phenoxy) is 2. The zero-order chi connectivity index (χ0) is 42.8. The van der Waals surface area contributed by atoms with Gasteiger partial charge in [-0.1, -0.05) is 155 Å². The number of rotatable bonds is 36. The number of hydrogen-bond acceptors (Lipinski definition) is 9. The molecule has 0 fully saturated rings. The number of esters is 2. The average Bonchev–Trinajstić information content (AvgIpc) is 3.20. The number of phosphoric ester groups is 1. The Morgan fingerprint density at radius 1 is 0.552 bits per heavy atom. The first-order valence-electron chi connectivity index (χ1n) is 20.6. The fourth-order valence-electron chi connectivity index (χ4n) is 4.63. The monoisotopic (exact) mass is 827 g/mol. The molecule has 0 radical (unpaired) electrons. The van der Waals surface area contributed by atoms with Gasteiger partial charge in [0.25, 0.3) is 0 Å². The number of nitrogens with two attached hydrogens (primary N) is 1. The van der Waals surface area contributed by atoms with Crippen LogP contribution in [0.5, 0.6) is 0 Å². The van der Waals surface area contributed by atoms with Crippen LogP contribution in [0, 0.1) is 0 Å². The second-order valence-corrected chi connectivity index (χ2v) is 14.5. The van der Waals surface area contributed by atoms with Gasteiger partial charge in [0.15, 0.2) is 6.10 Å². The Balaban J connectivity index is 4.60. The third kappa shape index (κ3) is 38.7. The zero-order valence-corrected chi connectivity index (χ0v) is 35.7. The van der Waals surface area contributed by atoms with Crippen molar-refractivity contribution in [1.29, 1.82) is 0 Å². The molecule has 58 heavy (non-hydrogen) atoms. The fourth-order valence-corrected chi connectivity index (χ4v) is 5.41. The normalized spacial score (nSPS) is 15.0. The molecule has 12 heteroatoms. The molecule has 3 atom stereocenters. The molecule has 0 saturated heterocycles. The summed E-state index contributed by atoms with van der Waals surface area (Å²) in [5.41, 5.74) is 5.32. The van der Waals surface area contributed by atoms with Gasteiger partial charge in [0.1, 0.15) is 12.6 Å². The van der Waals surface area contributed by atoms with E-state index in [1.807, 2.05) is 54.7 Å². The summed E-state index contributed by atoms with van der Waals surface area (Å²) < 4.78 is 32.5. The van der Waals surface area contributed by atoms with Crippen LogP contribution in [0.1, 0.15) is 117 Å². The van der Waals surface area contributed by atoms with E-state index in [0.29, 0.717) is 19.3 Å². The number of unbranched alkanes of at least 4 members (excludes halogenated alkanes) is 5. The number of allylic oxidation sites excluding steroid dienone is 20. The van der Waals surface area contributed by atoms with E-state index >= 15 is 0 Å². The lowest BCUT2D eigenvalue weighted by molar-refractivity contribution is -0.161. The third-order valence-electron chi connectivity index (χ3n) is 7.81. The highest BCUT2D eigenvalue weighted by Crippen LogP contribution is 2.43. The average molecular weight is 828 g/mol. The van der Waals surface area contributed by atoms with E-state index < -0.39 is 57.7 Å². The molecule has 0 aliphatic carbocycles. The number of carbonyl (C=O) groups excluding carboxylic acids is 2. The van der Waals surface area contributed by atoms with E-state index in [-0.39, 0.29) is 12.8 Å². The molecular weight excluding hydrogens is 757 g/mol. The summed E-state index contributed by atoms with van der Waals surface area (Å²) in [6.07, 6.45) is 52.8. The maximum atomic E-state index is 12.6. The molecule has 0 bridgehead atoms. The van der Waals surface area contributed by atoms with Crippen molar-refractivity contribution in [2.75, 3.05) is 19.8 Å². The molecule has 4 N–H and O–H groups in total. The molecule has 11 nitrogen and oxygen atoms in total. The Morgan fingerprint density at radius 2 is 1.03 bits per heavy atom. The van der Waals surface area contributed by atoms with Crippen molar-refractivity contribution in [2.24, 2.45) is 5.73 Å². The molecule has 0 amide bonds. The van der Waals surface area contributed by atoms with Crippen LogP contribution >= 0.6 is 7.82 Å². The lowest BCUT2D eigenvalue weighted by Gasteiger charge is -2.20. The summed E-state index contributed by atoms with van der Waals surface area (Å²) in [7, 11) is -4.75. The number of aliphatic carboxylic acids is 1. The summed E-state index contributed by atoms with van der Waals surface area (Å²) in [4.78, 5) is 45.9. The summed E-state index contributed by atoms with van der Waals surface area (Å²) in [5, 5.41) is 8.88. The molecular formula is C46H70NO10P. The smallest absolute Gasteiger partial charge is 0.472 e. The summed E-state index contributed by atoms with van der Waals surface area (Å²) in [5.74, 6) is -2.54. The first-order chi connectivity index (χ1) is 28.1. The van der Waals surface area contributed by atoms with Crippen molar-refractivity contribution in [3.63, 3.8) is 0 Å². The predicted octanol–water partition coefficient (Wildman–Crippen LogP) is 10.8. The first-order valence-corrected chi connectivity index (χ1v) is 22.1. The molecule has 1 unspecified atom stereocenters. The van der Waals surface area contributed by atoms with Gasteiger partial charge in [0, 0.05) is 12.8 Å². The van der Waals surface area contributed by atoms with Gasteiger partial charge in [-0.25, -0.2) is 4.57 Å². The van der Waals surface area contributed by atoms with Gasteiger partial charge in [0.2, 0.25) is 0 Å². The van der Waals surface area contributed by atoms with Crippen LogP contribution in [0.2, 0.25) is 0 Å². The highest BCUT2D eigenvalue weighted by molar-refractivity contribution is 7.47. The van der Waals surface area contributed by atoms with E-state index in [1.165, 1.54) is 0 Å². The number of carboxylic acid groups (broad SMARTS) is 1. The predicted molar refractivity (Wildman–Crippen MR) is 235 cm³/mol. The minimum atomic E-state index is -4.75.